The summed E-state index contributed by atoms with van der Waals surface area (Å²) in [5, 5.41) is 0. The van der Waals surface area contributed by atoms with Crippen molar-refractivity contribution in [2.24, 2.45) is 0 Å². The summed E-state index contributed by atoms with van der Waals surface area (Å²) in [7, 11) is 0. The van der Waals surface area contributed by atoms with Crippen LogP contribution in [0.1, 0.15) is 12.0 Å². The molecule has 1 nitrogen and oxygen atoms in total. The lowest BCUT2D eigenvalue weighted by molar-refractivity contribution is 0.00936. The van der Waals surface area contributed by atoms with Crippen molar-refractivity contribution in [2.45, 2.75) is 12.0 Å². The number of allylic oxidation sites excluding steroid dienone is 2. The average molecular weight is 210 g/mol. The molecule has 0 aromatic heterocycles. The molecular formula is C15H14O. The SMILES string of the molecule is C#CCOC1(c2ccccc2)C=CC=CC1. The Labute approximate surface area is 96.4 Å². The summed E-state index contributed by atoms with van der Waals surface area (Å²) in [6, 6.07) is 10.2. The topological polar surface area (TPSA) is 9.23 Å². The zero-order valence-electron chi connectivity index (χ0n) is 9.10. The molecule has 1 heteroatoms. The van der Waals surface area contributed by atoms with E-state index in [0.29, 0.717) is 6.61 Å². The molecule has 0 heterocycles. The van der Waals surface area contributed by atoms with Gasteiger partial charge in [-0.1, -0.05) is 54.5 Å². The van der Waals surface area contributed by atoms with Gasteiger partial charge in [-0.2, -0.15) is 0 Å². The molecule has 80 valence electrons. The molecule has 1 aromatic carbocycles. The number of benzene rings is 1. The minimum Gasteiger partial charge on any atom is -0.353 e. The van der Waals surface area contributed by atoms with Crippen molar-refractivity contribution in [3.8, 4) is 12.3 Å². The highest BCUT2D eigenvalue weighted by Gasteiger charge is 2.29. The Kier molecular flexibility index (Phi) is 3.24. The zero-order valence-corrected chi connectivity index (χ0v) is 9.10. The van der Waals surface area contributed by atoms with Gasteiger partial charge in [0.25, 0.3) is 0 Å². The molecule has 0 spiro atoms. The highest BCUT2D eigenvalue weighted by Crippen LogP contribution is 2.33. The molecule has 0 N–H and O–H groups in total. The van der Waals surface area contributed by atoms with Crippen LogP contribution in [0.2, 0.25) is 0 Å². The second-order valence-corrected chi connectivity index (χ2v) is 3.74. The van der Waals surface area contributed by atoms with Crippen LogP contribution in [0.3, 0.4) is 0 Å². The summed E-state index contributed by atoms with van der Waals surface area (Å²) in [5.41, 5.74) is 0.758. The molecule has 0 fully saturated rings. The average Bonchev–Trinajstić information content (AvgIpc) is 2.38. The lowest BCUT2D eigenvalue weighted by atomic mass is 9.87. The molecule has 1 aromatic rings. The highest BCUT2D eigenvalue weighted by atomic mass is 16.5. The first kappa shape index (κ1) is 10.7. The van der Waals surface area contributed by atoms with Gasteiger partial charge >= 0.3 is 0 Å². The van der Waals surface area contributed by atoms with Crippen LogP contribution in [-0.2, 0) is 10.3 Å². The maximum absolute atomic E-state index is 5.83. The third kappa shape index (κ3) is 2.08. The maximum Gasteiger partial charge on any atom is 0.116 e. The first-order chi connectivity index (χ1) is 7.87. The first-order valence-electron chi connectivity index (χ1n) is 5.35. The molecule has 1 unspecified atom stereocenters. The Morgan fingerprint density at radius 3 is 2.69 bits per heavy atom. The largest absolute Gasteiger partial charge is 0.353 e. The highest BCUT2D eigenvalue weighted by molar-refractivity contribution is 5.32. The van der Waals surface area contributed by atoms with E-state index in [9.17, 15) is 0 Å². The Hall–Kier alpha value is -1.78. The van der Waals surface area contributed by atoms with Crippen molar-refractivity contribution in [1.29, 1.82) is 0 Å². The fourth-order valence-corrected chi connectivity index (χ4v) is 1.90. The molecular weight excluding hydrogens is 196 g/mol. The van der Waals surface area contributed by atoms with Gasteiger partial charge in [-0.15, -0.1) is 6.42 Å². The van der Waals surface area contributed by atoms with Gasteiger partial charge in [0, 0.05) is 6.42 Å². The van der Waals surface area contributed by atoms with Gasteiger partial charge in [0.1, 0.15) is 12.2 Å². The van der Waals surface area contributed by atoms with E-state index >= 15 is 0 Å². The Morgan fingerprint density at radius 1 is 1.25 bits per heavy atom. The second kappa shape index (κ2) is 4.83. The van der Waals surface area contributed by atoms with Crippen molar-refractivity contribution in [1.82, 2.24) is 0 Å². The van der Waals surface area contributed by atoms with E-state index in [2.05, 4.69) is 30.2 Å². The maximum atomic E-state index is 5.83. The van der Waals surface area contributed by atoms with Gasteiger partial charge in [0.15, 0.2) is 0 Å². The van der Waals surface area contributed by atoms with E-state index in [1.165, 1.54) is 0 Å². The smallest absolute Gasteiger partial charge is 0.116 e. The van der Waals surface area contributed by atoms with Gasteiger partial charge in [0.05, 0.1) is 0 Å². The van der Waals surface area contributed by atoms with Crippen LogP contribution in [0.5, 0.6) is 0 Å². The van der Waals surface area contributed by atoms with E-state index in [4.69, 9.17) is 11.2 Å². The van der Waals surface area contributed by atoms with E-state index in [1.807, 2.05) is 30.4 Å². The van der Waals surface area contributed by atoms with Crippen molar-refractivity contribution in [3.05, 3.63) is 60.2 Å². The summed E-state index contributed by atoms with van der Waals surface area (Å²) in [6.45, 7) is 0.326. The summed E-state index contributed by atoms with van der Waals surface area (Å²) in [5.74, 6) is 2.53. The van der Waals surface area contributed by atoms with E-state index in [0.717, 1.165) is 12.0 Å². The van der Waals surface area contributed by atoms with Gasteiger partial charge in [-0.25, -0.2) is 0 Å². The molecule has 0 saturated heterocycles. The zero-order chi connectivity index (χ0) is 11.3. The molecule has 0 bridgehead atoms. The summed E-state index contributed by atoms with van der Waals surface area (Å²) in [4.78, 5) is 0. The Balaban J connectivity index is 2.32. The normalized spacial score (nSPS) is 22.9. The first-order valence-corrected chi connectivity index (χ1v) is 5.35. The number of hydrogen-bond acceptors (Lipinski definition) is 1. The third-order valence-electron chi connectivity index (χ3n) is 2.71. The fourth-order valence-electron chi connectivity index (χ4n) is 1.90. The number of terminal acetylenes is 1. The molecule has 2 rings (SSSR count). The van der Waals surface area contributed by atoms with Crippen molar-refractivity contribution in [2.75, 3.05) is 6.61 Å². The van der Waals surface area contributed by atoms with E-state index < -0.39 is 0 Å². The third-order valence-corrected chi connectivity index (χ3v) is 2.71. The minimum absolute atomic E-state index is 0.326. The predicted octanol–water partition coefficient (Wildman–Crippen LogP) is 3.05. The van der Waals surface area contributed by atoms with E-state index in [1.54, 1.807) is 0 Å². The molecule has 0 radical (unpaired) electrons. The number of ether oxygens (including phenoxy) is 1. The standard InChI is InChI=1S/C15H14O/c1-2-13-16-15(11-7-4-8-12-15)14-9-5-3-6-10-14/h1,3-11H,12-13H2. The van der Waals surface area contributed by atoms with Crippen molar-refractivity contribution < 1.29 is 4.74 Å². The molecule has 1 aliphatic carbocycles. The Bertz CT molecular complexity index is 436. The van der Waals surface area contributed by atoms with Crippen LogP contribution < -0.4 is 0 Å². The predicted molar refractivity (Wildman–Crippen MR) is 65.8 cm³/mol. The minimum atomic E-state index is -0.387. The Morgan fingerprint density at radius 2 is 2.06 bits per heavy atom. The molecule has 16 heavy (non-hydrogen) atoms. The van der Waals surface area contributed by atoms with Gasteiger partial charge in [-0.3, -0.25) is 0 Å². The molecule has 0 saturated carbocycles. The molecule has 1 atom stereocenters. The van der Waals surface area contributed by atoms with Crippen LogP contribution in [0.15, 0.2) is 54.6 Å². The number of hydrogen-bond donors (Lipinski definition) is 0. The summed E-state index contributed by atoms with van der Waals surface area (Å²) >= 11 is 0. The lowest BCUT2D eigenvalue weighted by Crippen LogP contribution is -2.28. The second-order valence-electron chi connectivity index (χ2n) is 3.74. The quantitative estimate of drug-likeness (QED) is 0.697. The summed E-state index contributed by atoms with van der Waals surface area (Å²) < 4.78 is 5.83. The van der Waals surface area contributed by atoms with Crippen molar-refractivity contribution in [3.63, 3.8) is 0 Å². The van der Waals surface area contributed by atoms with Crippen LogP contribution in [-0.4, -0.2) is 6.61 Å². The van der Waals surface area contributed by atoms with Gasteiger partial charge < -0.3 is 4.74 Å². The number of rotatable bonds is 3. The summed E-state index contributed by atoms with van der Waals surface area (Å²) in [6.07, 6.45) is 14.3. The molecule has 1 aliphatic rings. The van der Waals surface area contributed by atoms with E-state index in [-0.39, 0.29) is 5.60 Å². The van der Waals surface area contributed by atoms with Crippen molar-refractivity contribution >= 4 is 0 Å². The van der Waals surface area contributed by atoms with Crippen LogP contribution in [0.4, 0.5) is 0 Å². The monoisotopic (exact) mass is 210 g/mol. The molecule has 0 aliphatic heterocycles. The van der Waals surface area contributed by atoms with Crippen LogP contribution in [0, 0.1) is 12.3 Å². The van der Waals surface area contributed by atoms with Crippen LogP contribution in [0.25, 0.3) is 0 Å². The van der Waals surface area contributed by atoms with Gasteiger partial charge in [0.2, 0.25) is 0 Å². The molecule has 0 amide bonds. The lowest BCUT2D eigenvalue weighted by Gasteiger charge is -2.31. The fraction of sp³-hybridized carbons (Fsp3) is 0.200. The van der Waals surface area contributed by atoms with Gasteiger partial charge in [-0.05, 0) is 11.6 Å². The van der Waals surface area contributed by atoms with Crippen LogP contribution >= 0.6 is 0 Å².